The zero-order valence-corrected chi connectivity index (χ0v) is 14.4. The molecular weight excluding hydrogens is 385 g/mol. The summed E-state index contributed by atoms with van der Waals surface area (Å²) in [6.45, 7) is 3.28. The number of pyridine rings is 1. The predicted octanol–water partition coefficient (Wildman–Crippen LogP) is 2.11. The average molecular weight is 403 g/mol. The second-order valence-corrected chi connectivity index (χ2v) is 5.38. The highest BCUT2D eigenvalue weighted by Crippen LogP contribution is 2.11. The van der Waals surface area contributed by atoms with E-state index in [0.717, 1.165) is 23.7 Å². The molecule has 108 valence electrons. The summed E-state index contributed by atoms with van der Waals surface area (Å²) >= 11 is 1.64. The number of rotatable bonds is 5. The number of thiazole rings is 1. The fourth-order valence-corrected chi connectivity index (χ4v) is 2.26. The average Bonchev–Trinajstić information content (AvgIpc) is 2.83. The maximum Gasteiger partial charge on any atom is 0.189 e. The third-order valence-electron chi connectivity index (χ3n) is 2.47. The van der Waals surface area contributed by atoms with Crippen LogP contribution in [0.3, 0.4) is 0 Å². The largest absolute Gasteiger partial charge is 0.370 e. The molecule has 20 heavy (non-hydrogen) atoms. The van der Waals surface area contributed by atoms with E-state index in [1.807, 2.05) is 31.3 Å². The van der Waals surface area contributed by atoms with Crippen molar-refractivity contribution in [2.45, 2.75) is 19.9 Å². The Kier molecular flexibility index (Phi) is 7.45. The van der Waals surface area contributed by atoms with Gasteiger partial charge in [0.05, 0.1) is 6.54 Å². The zero-order chi connectivity index (χ0) is 13.5. The van der Waals surface area contributed by atoms with Gasteiger partial charge in [-0.3, -0.25) is 4.98 Å². The van der Waals surface area contributed by atoms with Gasteiger partial charge in [-0.15, -0.1) is 35.3 Å². The lowest BCUT2D eigenvalue weighted by atomic mass is 10.3. The van der Waals surface area contributed by atoms with E-state index in [9.17, 15) is 0 Å². The Labute approximate surface area is 139 Å². The topological polar surface area (TPSA) is 76.2 Å². The first-order valence-corrected chi connectivity index (χ1v) is 6.90. The van der Waals surface area contributed by atoms with Gasteiger partial charge in [-0.1, -0.05) is 6.07 Å². The van der Waals surface area contributed by atoms with Crippen LogP contribution in [0.1, 0.15) is 15.6 Å². The summed E-state index contributed by atoms with van der Waals surface area (Å²) in [6.07, 6.45) is 4.46. The lowest BCUT2D eigenvalue weighted by Crippen LogP contribution is -2.33. The van der Waals surface area contributed by atoms with Gasteiger partial charge >= 0.3 is 0 Å². The molecule has 2 aromatic rings. The van der Waals surface area contributed by atoms with Crippen LogP contribution in [0.25, 0.3) is 0 Å². The van der Waals surface area contributed by atoms with Crippen LogP contribution in [0.4, 0.5) is 0 Å². The molecular formula is C13H18IN5S. The van der Waals surface area contributed by atoms with Gasteiger partial charge in [0.1, 0.15) is 5.01 Å². The quantitative estimate of drug-likeness (QED) is 0.456. The van der Waals surface area contributed by atoms with Crippen molar-refractivity contribution in [3.63, 3.8) is 0 Å². The van der Waals surface area contributed by atoms with Crippen LogP contribution < -0.4 is 11.1 Å². The minimum absolute atomic E-state index is 0. The third kappa shape index (κ3) is 5.83. The molecule has 0 unspecified atom stereocenters. The van der Waals surface area contributed by atoms with Crippen molar-refractivity contribution in [1.82, 2.24) is 15.3 Å². The summed E-state index contributed by atoms with van der Waals surface area (Å²) in [4.78, 5) is 13.9. The van der Waals surface area contributed by atoms with Gasteiger partial charge in [0, 0.05) is 35.9 Å². The molecule has 0 saturated carbocycles. The minimum atomic E-state index is 0. The zero-order valence-electron chi connectivity index (χ0n) is 11.2. The molecule has 5 nitrogen and oxygen atoms in total. The molecule has 2 aromatic heterocycles. The number of aromatic nitrogens is 2. The second kappa shape index (κ2) is 8.85. The first-order valence-electron chi connectivity index (χ1n) is 6.09. The van der Waals surface area contributed by atoms with Crippen molar-refractivity contribution in [3.05, 3.63) is 46.2 Å². The normalized spacial score (nSPS) is 10.9. The summed E-state index contributed by atoms with van der Waals surface area (Å²) in [5.41, 5.74) is 6.83. The molecule has 0 aliphatic rings. The molecule has 0 atom stereocenters. The molecule has 2 rings (SSSR count). The number of hydrogen-bond acceptors (Lipinski definition) is 4. The Morgan fingerprint density at radius 2 is 2.25 bits per heavy atom. The Morgan fingerprint density at radius 1 is 1.40 bits per heavy atom. The summed E-state index contributed by atoms with van der Waals surface area (Å²) < 4.78 is 0. The van der Waals surface area contributed by atoms with Gasteiger partial charge in [-0.05, 0) is 19.1 Å². The number of aryl methyl sites for hydroxylation is 1. The molecule has 0 amide bonds. The van der Waals surface area contributed by atoms with Crippen molar-refractivity contribution >= 4 is 41.3 Å². The van der Waals surface area contributed by atoms with E-state index in [1.54, 1.807) is 17.5 Å². The Hall–Kier alpha value is -1.22. The fraction of sp³-hybridized carbons (Fsp3) is 0.308. The van der Waals surface area contributed by atoms with Crippen LogP contribution in [0.2, 0.25) is 0 Å². The number of hydrogen-bond donors (Lipinski definition) is 2. The molecule has 0 radical (unpaired) electrons. The first kappa shape index (κ1) is 16.8. The number of halogens is 1. The smallest absolute Gasteiger partial charge is 0.189 e. The number of nitrogens with two attached hydrogens (primary N) is 1. The molecule has 0 saturated heterocycles. The number of nitrogens with zero attached hydrogens (tertiary/aromatic N) is 3. The highest BCUT2D eigenvalue weighted by atomic mass is 127. The van der Waals surface area contributed by atoms with Crippen LogP contribution in [0.5, 0.6) is 0 Å². The molecule has 3 N–H and O–H groups in total. The van der Waals surface area contributed by atoms with Gasteiger partial charge in [-0.2, -0.15) is 0 Å². The van der Waals surface area contributed by atoms with Crippen LogP contribution >= 0.6 is 35.3 Å². The van der Waals surface area contributed by atoms with Gasteiger partial charge in [-0.25, -0.2) is 9.98 Å². The predicted molar refractivity (Wildman–Crippen MR) is 93.5 cm³/mol. The van der Waals surface area contributed by atoms with E-state index >= 15 is 0 Å². The number of nitrogens with one attached hydrogen (secondary N) is 1. The van der Waals surface area contributed by atoms with Crippen molar-refractivity contribution in [3.8, 4) is 0 Å². The number of guanidine groups is 1. The van der Waals surface area contributed by atoms with Crippen molar-refractivity contribution in [2.75, 3.05) is 6.54 Å². The van der Waals surface area contributed by atoms with Crippen molar-refractivity contribution in [2.24, 2.45) is 10.7 Å². The Bertz CT molecular complexity index is 541. The van der Waals surface area contributed by atoms with Crippen LogP contribution in [-0.2, 0) is 13.0 Å². The third-order valence-corrected chi connectivity index (χ3v) is 3.36. The molecule has 0 aliphatic heterocycles. The molecule has 0 fully saturated rings. The molecule has 7 heteroatoms. The standard InChI is InChI=1S/C13H17N5S.HI/c1-10-8-17-12(19-10)9-18-13(14)16-7-5-11-4-2-3-6-15-11;/h2-4,6,8H,5,7,9H2,1H3,(H3,14,16,18);1H. The Balaban J connectivity index is 0.00000200. The highest BCUT2D eigenvalue weighted by molar-refractivity contribution is 14.0. The molecule has 0 bridgehead atoms. The van der Waals surface area contributed by atoms with Crippen molar-refractivity contribution in [1.29, 1.82) is 0 Å². The maximum absolute atomic E-state index is 5.79. The van der Waals surface area contributed by atoms with E-state index in [4.69, 9.17) is 5.73 Å². The molecule has 0 spiro atoms. The van der Waals surface area contributed by atoms with E-state index in [2.05, 4.69) is 20.3 Å². The lowest BCUT2D eigenvalue weighted by molar-refractivity contribution is 0.827. The summed E-state index contributed by atoms with van der Waals surface area (Å²) in [5, 5.41) is 4.05. The lowest BCUT2D eigenvalue weighted by Gasteiger charge is -2.04. The van der Waals surface area contributed by atoms with Crippen molar-refractivity contribution < 1.29 is 0 Å². The summed E-state index contributed by atoms with van der Waals surface area (Å²) in [5.74, 6) is 0.448. The maximum atomic E-state index is 5.79. The van der Waals surface area contributed by atoms with Gasteiger partial charge < -0.3 is 11.1 Å². The van der Waals surface area contributed by atoms with Crippen LogP contribution in [-0.4, -0.2) is 22.5 Å². The summed E-state index contributed by atoms with van der Waals surface area (Å²) in [6, 6.07) is 5.88. The van der Waals surface area contributed by atoms with Gasteiger partial charge in [0.25, 0.3) is 0 Å². The van der Waals surface area contributed by atoms with E-state index in [-0.39, 0.29) is 24.0 Å². The van der Waals surface area contributed by atoms with Crippen LogP contribution in [0, 0.1) is 6.92 Å². The first-order chi connectivity index (χ1) is 9.24. The van der Waals surface area contributed by atoms with Gasteiger partial charge in [0.2, 0.25) is 0 Å². The summed E-state index contributed by atoms with van der Waals surface area (Å²) in [7, 11) is 0. The fourth-order valence-electron chi connectivity index (χ4n) is 1.55. The minimum Gasteiger partial charge on any atom is -0.370 e. The molecule has 0 aromatic carbocycles. The highest BCUT2D eigenvalue weighted by Gasteiger charge is 1.98. The van der Waals surface area contributed by atoms with E-state index in [1.165, 1.54) is 4.88 Å². The Morgan fingerprint density at radius 3 is 2.90 bits per heavy atom. The SMILES string of the molecule is Cc1cnc(CN=C(N)NCCc2ccccn2)s1.I. The molecule has 0 aliphatic carbocycles. The van der Waals surface area contributed by atoms with E-state index < -0.39 is 0 Å². The monoisotopic (exact) mass is 403 g/mol. The van der Waals surface area contributed by atoms with E-state index in [0.29, 0.717) is 12.5 Å². The second-order valence-electron chi connectivity index (χ2n) is 4.06. The molecule has 2 heterocycles. The number of aliphatic imine (C=N–C) groups is 1. The van der Waals surface area contributed by atoms with Crippen LogP contribution in [0.15, 0.2) is 35.6 Å². The van der Waals surface area contributed by atoms with Gasteiger partial charge in [0.15, 0.2) is 5.96 Å².